The molecule has 0 fully saturated rings. The molecule has 0 bridgehead atoms. The maximum atomic E-state index is 14.6. The summed E-state index contributed by atoms with van der Waals surface area (Å²) < 4.78 is 41.8. The Morgan fingerprint density at radius 1 is 1.23 bits per heavy atom. The Morgan fingerprint density at radius 3 is 2.60 bits per heavy atom. The molecule has 0 aliphatic heterocycles. The number of sulfonamides is 1. The molecule has 1 aromatic heterocycles. The first-order chi connectivity index (χ1) is 14.3. The van der Waals surface area contributed by atoms with Crippen molar-refractivity contribution in [3.05, 3.63) is 69.9 Å². The van der Waals surface area contributed by atoms with Gasteiger partial charge in [-0.2, -0.15) is 0 Å². The van der Waals surface area contributed by atoms with E-state index in [1.165, 1.54) is 17.3 Å². The van der Waals surface area contributed by atoms with E-state index in [1.807, 2.05) is 0 Å². The molecule has 2 N–H and O–H groups in total. The minimum Gasteiger partial charge on any atom is -0.383 e. The summed E-state index contributed by atoms with van der Waals surface area (Å²) in [5.74, 6) is -0.556. The third-order valence-corrected chi connectivity index (χ3v) is 7.25. The SMILES string of the molecule is CC[C@H](CNc1cc(F)c(S(=O)(=O)Nc2nccs2)cc1Cl)Cc1ccc(C)cc1. The number of hydrogen-bond acceptors (Lipinski definition) is 5. The summed E-state index contributed by atoms with van der Waals surface area (Å²) in [5.41, 5.74) is 2.82. The van der Waals surface area contributed by atoms with Crippen molar-refractivity contribution in [3.8, 4) is 0 Å². The van der Waals surface area contributed by atoms with Crippen LogP contribution in [-0.4, -0.2) is 19.9 Å². The zero-order valence-corrected chi connectivity index (χ0v) is 19.0. The zero-order chi connectivity index (χ0) is 21.7. The first kappa shape index (κ1) is 22.5. The van der Waals surface area contributed by atoms with Crippen LogP contribution in [0.25, 0.3) is 0 Å². The van der Waals surface area contributed by atoms with E-state index < -0.39 is 20.7 Å². The fourth-order valence-corrected chi connectivity index (χ4v) is 5.16. The monoisotopic (exact) mass is 467 g/mol. The zero-order valence-electron chi connectivity index (χ0n) is 16.7. The summed E-state index contributed by atoms with van der Waals surface area (Å²) in [6.07, 6.45) is 3.28. The highest BCUT2D eigenvalue weighted by Crippen LogP contribution is 2.30. The van der Waals surface area contributed by atoms with Gasteiger partial charge in [0.05, 0.1) is 10.7 Å². The second-order valence-electron chi connectivity index (χ2n) is 7.05. The lowest BCUT2D eigenvalue weighted by Crippen LogP contribution is -2.18. The number of nitrogens with zero attached hydrogens (tertiary/aromatic N) is 1. The van der Waals surface area contributed by atoms with Crippen LogP contribution in [-0.2, 0) is 16.4 Å². The number of aryl methyl sites for hydroxylation is 1. The van der Waals surface area contributed by atoms with E-state index >= 15 is 0 Å². The minimum atomic E-state index is -4.12. The Morgan fingerprint density at radius 2 is 1.97 bits per heavy atom. The molecule has 0 aliphatic rings. The smallest absolute Gasteiger partial charge is 0.266 e. The van der Waals surface area contributed by atoms with Crippen LogP contribution in [0, 0.1) is 18.7 Å². The van der Waals surface area contributed by atoms with Gasteiger partial charge in [-0.3, -0.25) is 4.72 Å². The lowest BCUT2D eigenvalue weighted by molar-refractivity contribution is 0.533. The first-order valence-electron chi connectivity index (χ1n) is 9.49. The van der Waals surface area contributed by atoms with Crippen LogP contribution in [0.15, 0.2) is 52.9 Å². The van der Waals surface area contributed by atoms with Crippen molar-refractivity contribution in [3.63, 3.8) is 0 Å². The molecule has 0 radical (unpaired) electrons. The quantitative estimate of drug-likeness (QED) is 0.422. The summed E-state index contributed by atoms with van der Waals surface area (Å²) >= 11 is 7.36. The number of hydrogen-bond donors (Lipinski definition) is 2. The van der Waals surface area contributed by atoms with Gasteiger partial charge in [0, 0.05) is 18.1 Å². The van der Waals surface area contributed by atoms with Gasteiger partial charge < -0.3 is 5.32 Å². The maximum absolute atomic E-state index is 14.6. The molecule has 0 amide bonds. The molecule has 0 spiro atoms. The molecule has 1 heterocycles. The Hall–Kier alpha value is -2.16. The number of halogens is 2. The van der Waals surface area contributed by atoms with Crippen LogP contribution < -0.4 is 10.0 Å². The summed E-state index contributed by atoms with van der Waals surface area (Å²) in [6.45, 7) is 4.74. The van der Waals surface area contributed by atoms with Crippen LogP contribution in [0.1, 0.15) is 24.5 Å². The van der Waals surface area contributed by atoms with Gasteiger partial charge >= 0.3 is 0 Å². The second kappa shape index (κ2) is 9.76. The number of benzene rings is 2. The standard InChI is InChI=1S/C21H23ClFN3O2S2/c1-3-15(10-16-6-4-14(2)5-7-16)13-25-19-12-18(23)20(11-17(19)22)30(27,28)26-21-24-8-9-29-21/h4-9,11-12,15,25H,3,10,13H2,1-2H3,(H,24,26)/t15-/m0/s1. The Kier molecular flexibility index (Phi) is 7.33. The van der Waals surface area contributed by atoms with Gasteiger partial charge in [-0.05, 0) is 37.0 Å². The topological polar surface area (TPSA) is 71.1 Å². The predicted octanol–water partition coefficient (Wildman–Crippen LogP) is 5.73. The van der Waals surface area contributed by atoms with Gasteiger partial charge in [-0.15, -0.1) is 11.3 Å². The lowest BCUT2D eigenvalue weighted by Gasteiger charge is -2.18. The molecule has 0 unspecified atom stereocenters. The molecule has 9 heteroatoms. The van der Waals surface area contributed by atoms with Gasteiger partial charge in [0.2, 0.25) is 0 Å². The van der Waals surface area contributed by atoms with Crippen molar-refractivity contribution in [1.82, 2.24) is 4.98 Å². The van der Waals surface area contributed by atoms with Gasteiger partial charge in [0.25, 0.3) is 10.0 Å². The number of thiazole rings is 1. The van der Waals surface area contributed by atoms with Crippen molar-refractivity contribution < 1.29 is 12.8 Å². The lowest BCUT2D eigenvalue weighted by atomic mass is 9.96. The average Bonchev–Trinajstić information content (AvgIpc) is 3.20. The fraction of sp³-hybridized carbons (Fsp3) is 0.286. The first-order valence-corrected chi connectivity index (χ1v) is 12.2. The molecule has 0 aliphatic carbocycles. The highest BCUT2D eigenvalue weighted by molar-refractivity contribution is 7.93. The second-order valence-corrected chi connectivity index (χ2v) is 10.0. The minimum absolute atomic E-state index is 0.140. The van der Waals surface area contributed by atoms with Gasteiger partial charge in [0.15, 0.2) is 5.13 Å². The van der Waals surface area contributed by atoms with Crippen LogP contribution in [0.4, 0.5) is 15.2 Å². The normalized spacial score (nSPS) is 12.5. The highest BCUT2D eigenvalue weighted by Gasteiger charge is 2.22. The summed E-state index contributed by atoms with van der Waals surface area (Å²) in [4.78, 5) is 3.34. The van der Waals surface area contributed by atoms with Gasteiger partial charge in [0.1, 0.15) is 10.7 Å². The average molecular weight is 468 g/mol. The van der Waals surface area contributed by atoms with Crippen molar-refractivity contribution in [1.29, 1.82) is 0 Å². The molecule has 5 nitrogen and oxygen atoms in total. The highest BCUT2D eigenvalue weighted by atomic mass is 35.5. The number of aromatic nitrogens is 1. The van der Waals surface area contributed by atoms with Crippen LogP contribution in [0.3, 0.4) is 0 Å². The number of rotatable bonds is 9. The Balaban J connectivity index is 1.70. The molecule has 3 rings (SSSR count). The molecular weight excluding hydrogens is 445 g/mol. The van der Waals surface area contributed by atoms with E-state index in [0.717, 1.165) is 36.3 Å². The number of anilines is 2. The Labute approximate surface area is 185 Å². The summed E-state index contributed by atoms with van der Waals surface area (Å²) in [5, 5.41) is 5.08. The summed E-state index contributed by atoms with van der Waals surface area (Å²) in [6, 6.07) is 10.6. The van der Waals surface area contributed by atoms with Crippen molar-refractivity contribution in [2.24, 2.45) is 5.92 Å². The van der Waals surface area contributed by atoms with E-state index in [-0.39, 0.29) is 10.2 Å². The predicted molar refractivity (Wildman–Crippen MR) is 121 cm³/mol. The van der Waals surface area contributed by atoms with Crippen LogP contribution in [0.2, 0.25) is 5.02 Å². The molecular formula is C21H23ClFN3O2S2. The van der Waals surface area contributed by atoms with E-state index in [9.17, 15) is 12.8 Å². The molecule has 0 saturated carbocycles. The largest absolute Gasteiger partial charge is 0.383 e. The third-order valence-electron chi connectivity index (χ3n) is 4.77. The third kappa shape index (κ3) is 5.71. The maximum Gasteiger partial charge on any atom is 0.266 e. The van der Waals surface area contributed by atoms with Crippen molar-refractivity contribution >= 4 is 43.8 Å². The molecule has 30 heavy (non-hydrogen) atoms. The summed E-state index contributed by atoms with van der Waals surface area (Å²) in [7, 11) is -4.12. The number of nitrogens with one attached hydrogen (secondary N) is 2. The fourth-order valence-electron chi connectivity index (χ4n) is 2.99. The molecule has 0 saturated heterocycles. The van der Waals surface area contributed by atoms with E-state index in [4.69, 9.17) is 11.6 Å². The van der Waals surface area contributed by atoms with Crippen molar-refractivity contribution in [2.75, 3.05) is 16.6 Å². The van der Waals surface area contributed by atoms with Crippen LogP contribution >= 0.6 is 22.9 Å². The van der Waals surface area contributed by atoms with E-state index in [1.54, 1.807) is 5.38 Å². The molecule has 2 aromatic carbocycles. The van der Waals surface area contributed by atoms with Crippen molar-refractivity contribution in [2.45, 2.75) is 31.6 Å². The van der Waals surface area contributed by atoms with E-state index in [0.29, 0.717) is 18.2 Å². The van der Waals surface area contributed by atoms with Gasteiger partial charge in [-0.25, -0.2) is 17.8 Å². The molecule has 160 valence electrons. The van der Waals surface area contributed by atoms with E-state index in [2.05, 4.69) is 53.1 Å². The van der Waals surface area contributed by atoms with Crippen LogP contribution in [0.5, 0.6) is 0 Å². The molecule has 3 aromatic rings. The Bertz CT molecular complexity index is 1090. The molecule has 1 atom stereocenters. The van der Waals surface area contributed by atoms with Gasteiger partial charge in [-0.1, -0.05) is 54.8 Å².